The van der Waals surface area contributed by atoms with Crippen LogP contribution in [0.5, 0.6) is 0 Å². The Balaban J connectivity index is 2.57. The standard InChI is InChI=1S/C12H14BrN3O/c1-7(6-17)16-12-9-4-8(13)2-3-11(9)15-5-10(12)14/h2-5,7,17H,6,14H2,1H3,(H,15,16). The van der Waals surface area contributed by atoms with E-state index in [1.807, 2.05) is 25.1 Å². The highest BCUT2D eigenvalue weighted by atomic mass is 79.9. The van der Waals surface area contributed by atoms with Crippen LogP contribution in [0, 0.1) is 0 Å². The second-order valence-electron chi connectivity index (χ2n) is 3.98. The number of hydrogen-bond donors (Lipinski definition) is 3. The molecule has 0 aliphatic rings. The van der Waals surface area contributed by atoms with Crippen LogP contribution in [0.3, 0.4) is 0 Å². The van der Waals surface area contributed by atoms with Crippen molar-refractivity contribution in [3.63, 3.8) is 0 Å². The van der Waals surface area contributed by atoms with Gasteiger partial charge in [-0.05, 0) is 25.1 Å². The molecule has 0 amide bonds. The second-order valence-corrected chi connectivity index (χ2v) is 4.89. The van der Waals surface area contributed by atoms with Crippen LogP contribution in [0.25, 0.3) is 10.9 Å². The van der Waals surface area contributed by atoms with E-state index in [2.05, 4.69) is 26.2 Å². The number of anilines is 2. The number of nitrogens with two attached hydrogens (primary N) is 1. The van der Waals surface area contributed by atoms with E-state index in [0.29, 0.717) is 5.69 Å². The molecule has 4 nitrogen and oxygen atoms in total. The number of benzene rings is 1. The molecule has 90 valence electrons. The lowest BCUT2D eigenvalue weighted by molar-refractivity contribution is 0.281. The molecule has 0 aliphatic carbocycles. The molecule has 1 aromatic carbocycles. The monoisotopic (exact) mass is 295 g/mol. The average molecular weight is 296 g/mol. The fourth-order valence-electron chi connectivity index (χ4n) is 1.63. The Hall–Kier alpha value is -1.33. The number of nitrogens with one attached hydrogen (secondary N) is 1. The fourth-order valence-corrected chi connectivity index (χ4v) is 1.99. The van der Waals surface area contributed by atoms with Crippen molar-refractivity contribution in [2.75, 3.05) is 17.7 Å². The van der Waals surface area contributed by atoms with E-state index < -0.39 is 0 Å². The molecule has 0 fully saturated rings. The van der Waals surface area contributed by atoms with Gasteiger partial charge in [0.15, 0.2) is 0 Å². The van der Waals surface area contributed by atoms with E-state index in [-0.39, 0.29) is 12.6 Å². The summed E-state index contributed by atoms with van der Waals surface area (Å²) in [6, 6.07) is 5.77. The molecule has 1 unspecified atom stereocenters. The highest BCUT2D eigenvalue weighted by Crippen LogP contribution is 2.30. The number of nitrogens with zero attached hydrogens (tertiary/aromatic N) is 1. The third kappa shape index (κ3) is 2.50. The van der Waals surface area contributed by atoms with Gasteiger partial charge in [0.25, 0.3) is 0 Å². The first-order valence-corrected chi connectivity index (χ1v) is 6.12. The molecule has 0 saturated carbocycles. The summed E-state index contributed by atoms with van der Waals surface area (Å²) in [7, 11) is 0. The molecule has 0 saturated heterocycles. The summed E-state index contributed by atoms with van der Waals surface area (Å²) in [5.74, 6) is 0. The van der Waals surface area contributed by atoms with Crippen molar-refractivity contribution in [2.24, 2.45) is 0 Å². The van der Waals surface area contributed by atoms with Gasteiger partial charge in [-0.15, -0.1) is 0 Å². The zero-order valence-electron chi connectivity index (χ0n) is 9.44. The first-order chi connectivity index (χ1) is 8.11. The van der Waals surface area contributed by atoms with Gasteiger partial charge in [-0.3, -0.25) is 4.98 Å². The number of halogens is 1. The zero-order valence-corrected chi connectivity index (χ0v) is 11.0. The Morgan fingerprint density at radius 3 is 3.00 bits per heavy atom. The van der Waals surface area contributed by atoms with E-state index in [9.17, 15) is 0 Å². The Morgan fingerprint density at radius 2 is 2.29 bits per heavy atom. The maximum absolute atomic E-state index is 9.09. The summed E-state index contributed by atoms with van der Waals surface area (Å²) in [4.78, 5) is 4.27. The quantitative estimate of drug-likeness (QED) is 0.813. The van der Waals surface area contributed by atoms with Crippen molar-refractivity contribution in [1.82, 2.24) is 4.98 Å². The minimum Gasteiger partial charge on any atom is -0.396 e. The van der Waals surface area contributed by atoms with Gasteiger partial charge in [-0.25, -0.2) is 0 Å². The van der Waals surface area contributed by atoms with Gasteiger partial charge in [-0.1, -0.05) is 15.9 Å². The van der Waals surface area contributed by atoms with Crippen LogP contribution in [0.1, 0.15) is 6.92 Å². The summed E-state index contributed by atoms with van der Waals surface area (Å²) in [6.45, 7) is 1.95. The highest BCUT2D eigenvalue weighted by molar-refractivity contribution is 9.10. The molecule has 0 radical (unpaired) electrons. The largest absolute Gasteiger partial charge is 0.396 e. The number of hydrogen-bond acceptors (Lipinski definition) is 4. The molecule has 2 aromatic rings. The number of pyridine rings is 1. The molecule has 0 bridgehead atoms. The Bertz CT molecular complexity index is 539. The van der Waals surface area contributed by atoms with Crippen molar-refractivity contribution in [3.8, 4) is 0 Å². The molecule has 0 aliphatic heterocycles. The summed E-state index contributed by atoms with van der Waals surface area (Å²) < 4.78 is 0.970. The molecule has 5 heteroatoms. The van der Waals surface area contributed by atoms with Gasteiger partial charge in [0.05, 0.1) is 29.7 Å². The van der Waals surface area contributed by atoms with E-state index in [1.54, 1.807) is 6.20 Å². The number of rotatable bonds is 3. The van der Waals surface area contributed by atoms with E-state index in [4.69, 9.17) is 10.8 Å². The first-order valence-electron chi connectivity index (χ1n) is 5.33. The van der Waals surface area contributed by atoms with Crippen molar-refractivity contribution >= 4 is 38.2 Å². The average Bonchev–Trinajstić information content (AvgIpc) is 2.32. The number of aromatic nitrogens is 1. The van der Waals surface area contributed by atoms with Gasteiger partial charge in [0.2, 0.25) is 0 Å². The normalized spacial score (nSPS) is 12.6. The van der Waals surface area contributed by atoms with Crippen LogP contribution in [-0.4, -0.2) is 22.7 Å². The zero-order chi connectivity index (χ0) is 12.4. The molecule has 0 spiro atoms. The molecule has 4 N–H and O–H groups in total. The van der Waals surface area contributed by atoms with Crippen molar-refractivity contribution < 1.29 is 5.11 Å². The van der Waals surface area contributed by atoms with E-state index in [1.165, 1.54) is 0 Å². The SMILES string of the molecule is CC(CO)Nc1c(N)cnc2ccc(Br)cc12. The summed E-state index contributed by atoms with van der Waals surface area (Å²) >= 11 is 3.43. The van der Waals surface area contributed by atoms with Crippen molar-refractivity contribution in [3.05, 3.63) is 28.9 Å². The first kappa shape index (κ1) is 12.1. The smallest absolute Gasteiger partial charge is 0.0743 e. The third-order valence-corrected chi connectivity index (χ3v) is 3.02. The summed E-state index contributed by atoms with van der Waals surface area (Å²) in [6.07, 6.45) is 1.63. The molecule has 1 aromatic heterocycles. The molecular formula is C12H14BrN3O. The highest BCUT2D eigenvalue weighted by Gasteiger charge is 2.09. The van der Waals surface area contributed by atoms with Crippen LogP contribution in [0.15, 0.2) is 28.9 Å². The minimum atomic E-state index is -0.0538. The molecule has 1 heterocycles. The van der Waals surface area contributed by atoms with Gasteiger partial charge in [0.1, 0.15) is 0 Å². The minimum absolute atomic E-state index is 0.0528. The Morgan fingerprint density at radius 1 is 1.53 bits per heavy atom. The van der Waals surface area contributed by atoms with Crippen LogP contribution in [-0.2, 0) is 0 Å². The molecular weight excluding hydrogens is 282 g/mol. The second kappa shape index (κ2) is 4.89. The predicted octanol–water partition coefficient (Wildman–Crippen LogP) is 2.37. The molecule has 2 rings (SSSR count). The fraction of sp³-hybridized carbons (Fsp3) is 0.250. The number of aliphatic hydroxyl groups excluding tert-OH is 1. The number of aliphatic hydroxyl groups is 1. The van der Waals surface area contributed by atoms with Crippen LogP contribution < -0.4 is 11.1 Å². The van der Waals surface area contributed by atoms with Gasteiger partial charge < -0.3 is 16.2 Å². The molecule has 1 atom stereocenters. The van der Waals surface area contributed by atoms with E-state index in [0.717, 1.165) is 21.1 Å². The lowest BCUT2D eigenvalue weighted by Gasteiger charge is -2.16. The maximum atomic E-state index is 9.09. The van der Waals surface area contributed by atoms with Crippen molar-refractivity contribution in [1.29, 1.82) is 0 Å². The number of nitrogen functional groups attached to an aromatic ring is 1. The van der Waals surface area contributed by atoms with Crippen LogP contribution >= 0.6 is 15.9 Å². The van der Waals surface area contributed by atoms with Gasteiger partial charge >= 0.3 is 0 Å². The molecule has 17 heavy (non-hydrogen) atoms. The lowest BCUT2D eigenvalue weighted by atomic mass is 10.1. The summed E-state index contributed by atoms with van der Waals surface area (Å²) in [5.41, 5.74) is 8.19. The summed E-state index contributed by atoms with van der Waals surface area (Å²) in [5, 5.41) is 13.2. The van der Waals surface area contributed by atoms with Gasteiger partial charge in [0, 0.05) is 15.9 Å². The number of fused-ring (bicyclic) bond motifs is 1. The Kier molecular flexibility index (Phi) is 3.49. The van der Waals surface area contributed by atoms with Gasteiger partial charge in [-0.2, -0.15) is 0 Å². The topological polar surface area (TPSA) is 71.2 Å². The predicted molar refractivity (Wildman–Crippen MR) is 74.0 cm³/mol. The van der Waals surface area contributed by atoms with Crippen LogP contribution in [0.2, 0.25) is 0 Å². The van der Waals surface area contributed by atoms with Crippen LogP contribution in [0.4, 0.5) is 11.4 Å². The third-order valence-electron chi connectivity index (χ3n) is 2.52. The van der Waals surface area contributed by atoms with Crippen molar-refractivity contribution in [2.45, 2.75) is 13.0 Å². The lowest BCUT2D eigenvalue weighted by Crippen LogP contribution is -2.20. The maximum Gasteiger partial charge on any atom is 0.0743 e. The van der Waals surface area contributed by atoms with E-state index >= 15 is 0 Å². The Labute approximate surface area is 108 Å².